The molecule has 1 aliphatic heterocycles. The van der Waals surface area contributed by atoms with E-state index in [-0.39, 0.29) is 0 Å². The number of hydrogen-bond acceptors (Lipinski definition) is 4. The standard InChI is InChI=1S/C10H15ClN2OS/c11-9-5-13-10(15-9)6-12-4-8-2-1-3-14-7-8/h5,8,12H,1-4,6-7H2. The van der Waals surface area contributed by atoms with Crippen LogP contribution in [0.15, 0.2) is 6.20 Å². The average Bonchev–Trinajstić information content (AvgIpc) is 2.66. The molecular formula is C10H15ClN2OS. The van der Waals surface area contributed by atoms with Gasteiger partial charge in [-0.25, -0.2) is 4.98 Å². The second kappa shape index (κ2) is 5.80. The maximum Gasteiger partial charge on any atom is 0.113 e. The molecule has 0 amide bonds. The van der Waals surface area contributed by atoms with Crippen LogP contribution < -0.4 is 5.32 Å². The Hall–Kier alpha value is -0.160. The van der Waals surface area contributed by atoms with Crippen LogP contribution in [0, 0.1) is 5.92 Å². The predicted molar refractivity (Wildman–Crippen MR) is 62.4 cm³/mol. The molecule has 1 aliphatic rings. The largest absolute Gasteiger partial charge is 0.381 e. The van der Waals surface area contributed by atoms with Crippen molar-refractivity contribution in [2.24, 2.45) is 5.92 Å². The minimum absolute atomic E-state index is 0.661. The van der Waals surface area contributed by atoms with Crippen LogP contribution >= 0.6 is 22.9 Å². The first kappa shape index (κ1) is 11.3. The number of aromatic nitrogens is 1. The number of hydrogen-bond donors (Lipinski definition) is 1. The molecule has 2 heterocycles. The highest BCUT2D eigenvalue weighted by molar-refractivity contribution is 7.15. The fraction of sp³-hybridized carbons (Fsp3) is 0.700. The van der Waals surface area contributed by atoms with Crippen LogP contribution in [0.4, 0.5) is 0 Å². The van der Waals surface area contributed by atoms with Crippen LogP contribution in [0.1, 0.15) is 17.8 Å². The molecule has 84 valence electrons. The molecular weight excluding hydrogens is 232 g/mol. The van der Waals surface area contributed by atoms with E-state index in [0.717, 1.165) is 35.6 Å². The van der Waals surface area contributed by atoms with E-state index in [1.165, 1.54) is 24.2 Å². The molecule has 0 spiro atoms. The van der Waals surface area contributed by atoms with Crippen molar-refractivity contribution in [3.05, 3.63) is 15.5 Å². The molecule has 0 aliphatic carbocycles. The van der Waals surface area contributed by atoms with Gasteiger partial charge in [0.2, 0.25) is 0 Å². The summed E-state index contributed by atoms with van der Waals surface area (Å²) in [4.78, 5) is 4.19. The number of ether oxygens (including phenoxy) is 1. The van der Waals surface area contributed by atoms with Crippen molar-refractivity contribution in [2.75, 3.05) is 19.8 Å². The van der Waals surface area contributed by atoms with Crippen LogP contribution in [-0.2, 0) is 11.3 Å². The van der Waals surface area contributed by atoms with Gasteiger partial charge in [-0.1, -0.05) is 11.6 Å². The summed E-state index contributed by atoms with van der Waals surface area (Å²) in [5, 5.41) is 4.45. The van der Waals surface area contributed by atoms with Crippen LogP contribution in [0.5, 0.6) is 0 Å². The average molecular weight is 247 g/mol. The van der Waals surface area contributed by atoms with Gasteiger partial charge in [0.05, 0.1) is 12.8 Å². The molecule has 1 unspecified atom stereocenters. The van der Waals surface area contributed by atoms with E-state index < -0.39 is 0 Å². The number of nitrogens with zero attached hydrogens (tertiary/aromatic N) is 1. The lowest BCUT2D eigenvalue weighted by Gasteiger charge is -2.21. The lowest BCUT2D eigenvalue weighted by atomic mass is 10.0. The van der Waals surface area contributed by atoms with Crippen LogP contribution in [0.25, 0.3) is 0 Å². The molecule has 1 aromatic rings. The molecule has 0 aromatic carbocycles. The van der Waals surface area contributed by atoms with E-state index in [0.29, 0.717) is 5.92 Å². The summed E-state index contributed by atoms with van der Waals surface area (Å²) < 4.78 is 6.17. The van der Waals surface area contributed by atoms with Gasteiger partial charge in [-0.3, -0.25) is 0 Å². The molecule has 0 radical (unpaired) electrons. The lowest BCUT2D eigenvalue weighted by Crippen LogP contribution is -2.28. The van der Waals surface area contributed by atoms with E-state index in [2.05, 4.69) is 10.3 Å². The Morgan fingerprint density at radius 3 is 3.27 bits per heavy atom. The minimum Gasteiger partial charge on any atom is -0.381 e. The molecule has 1 saturated heterocycles. The van der Waals surface area contributed by atoms with Gasteiger partial charge in [0.25, 0.3) is 0 Å². The molecule has 15 heavy (non-hydrogen) atoms. The Bertz CT molecular complexity index is 299. The number of halogens is 1. The predicted octanol–water partition coefficient (Wildman–Crippen LogP) is 2.31. The summed E-state index contributed by atoms with van der Waals surface area (Å²) in [6, 6.07) is 0. The Balaban J connectivity index is 1.65. The van der Waals surface area contributed by atoms with E-state index in [1.807, 2.05) is 0 Å². The molecule has 0 bridgehead atoms. The van der Waals surface area contributed by atoms with E-state index in [1.54, 1.807) is 6.20 Å². The molecule has 0 saturated carbocycles. The van der Waals surface area contributed by atoms with Gasteiger partial charge in [0.1, 0.15) is 9.34 Å². The third kappa shape index (κ3) is 3.72. The Labute approximate surface area is 98.8 Å². The highest BCUT2D eigenvalue weighted by Crippen LogP contribution is 2.18. The van der Waals surface area contributed by atoms with Crippen LogP contribution in [0.2, 0.25) is 4.34 Å². The first-order valence-electron chi connectivity index (χ1n) is 5.23. The van der Waals surface area contributed by atoms with Crippen molar-refractivity contribution in [1.29, 1.82) is 0 Å². The third-order valence-electron chi connectivity index (χ3n) is 2.49. The summed E-state index contributed by atoms with van der Waals surface area (Å²) in [6.45, 7) is 3.65. The zero-order chi connectivity index (χ0) is 10.5. The van der Waals surface area contributed by atoms with Crippen molar-refractivity contribution in [3.8, 4) is 0 Å². The van der Waals surface area contributed by atoms with Gasteiger partial charge in [-0.15, -0.1) is 11.3 Å². The van der Waals surface area contributed by atoms with E-state index in [4.69, 9.17) is 16.3 Å². The quantitative estimate of drug-likeness (QED) is 0.886. The number of thiazole rings is 1. The summed E-state index contributed by atoms with van der Waals surface area (Å²) in [5.74, 6) is 0.661. The molecule has 3 nitrogen and oxygen atoms in total. The van der Waals surface area contributed by atoms with Crippen molar-refractivity contribution >= 4 is 22.9 Å². The Morgan fingerprint density at radius 2 is 2.60 bits per heavy atom. The van der Waals surface area contributed by atoms with Crippen molar-refractivity contribution < 1.29 is 4.74 Å². The summed E-state index contributed by atoms with van der Waals surface area (Å²) in [7, 11) is 0. The zero-order valence-corrected chi connectivity index (χ0v) is 10.1. The van der Waals surface area contributed by atoms with Gasteiger partial charge in [0, 0.05) is 19.7 Å². The lowest BCUT2D eigenvalue weighted by molar-refractivity contribution is 0.0547. The maximum atomic E-state index is 5.80. The van der Waals surface area contributed by atoms with Crippen molar-refractivity contribution in [2.45, 2.75) is 19.4 Å². The Kier molecular flexibility index (Phi) is 4.38. The topological polar surface area (TPSA) is 34.2 Å². The molecule has 2 rings (SSSR count). The second-order valence-corrected chi connectivity index (χ2v) is 5.52. The third-order valence-corrected chi connectivity index (χ3v) is 3.60. The second-order valence-electron chi connectivity index (χ2n) is 3.77. The van der Waals surface area contributed by atoms with Gasteiger partial charge in [-0.05, 0) is 18.8 Å². The monoisotopic (exact) mass is 246 g/mol. The summed E-state index contributed by atoms with van der Waals surface area (Å²) >= 11 is 7.33. The fourth-order valence-electron chi connectivity index (χ4n) is 1.72. The smallest absolute Gasteiger partial charge is 0.113 e. The van der Waals surface area contributed by atoms with Gasteiger partial charge >= 0.3 is 0 Å². The van der Waals surface area contributed by atoms with Crippen LogP contribution in [-0.4, -0.2) is 24.7 Å². The summed E-state index contributed by atoms with van der Waals surface area (Å²) in [5.41, 5.74) is 0. The fourth-order valence-corrected chi connectivity index (χ4v) is 2.65. The zero-order valence-electron chi connectivity index (χ0n) is 8.54. The van der Waals surface area contributed by atoms with E-state index >= 15 is 0 Å². The number of rotatable bonds is 4. The van der Waals surface area contributed by atoms with Gasteiger partial charge in [0.15, 0.2) is 0 Å². The first-order chi connectivity index (χ1) is 7.34. The SMILES string of the molecule is Clc1cnc(CNCC2CCCOC2)s1. The minimum atomic E-state index is 0.661. The maximum absolute atomic E-state index is 5.80. The Morgan fingerprint density at radius 1 is 1.67 bits per heavy atom. The van der Waals surface area contributed by atoms with Gasteiger partial charge < -0.3 is 10.1 Å². The molecule has 1 N–H and O–H groups in total. The first-order valence-corrected chi connectivity index (χ1v) is 6.42. The summed E-state index contributed by atoms with van der Waals surface area (Å²) in [6.07, 6.45) is 4.16. The van der Waals surface area contributed by atoms with Crippen LogP contribution in [0.3, 0.4) is 0 Å². The molecule has 1 fully saturated rings. The van der Waals surface area contributed by atoms with E-state index in [9.17, 15) is 0 Å². The number of nitrogens with one attached hydrogen (secondary N) is 1. The highest BCUT2D eigenvalue weighted by atomic mass is 35.5. The van der Waals surface area contributed by atoms with Crippen molar-refractivity contribution in [1.82, 2.24) is 10.3 Å². The highest BCUT2D eigenvalue weighted by Gasteiger charge is 2.13. The van der Waals surface area contributed by atoms with Gasteiger partial charge in [-0.2, -0.15) is 0 Å². The normalized spacial score (nSPS) is 21.8. The van der Waals surface area contributed by atoms with Crippen molar-refractivity contribution in [3.63, 3.8) is 0 Å². The molecule has 5 heteroatoms. The molecule has 1 atom stereocenters. The molecule has 1 aromatic heterocycles.